The maximum atomic E-state index is 11.2. The van der Waals surface area contributed by atoms with Crippen molar-refractivity contribution in [3.63, 3.8) is 0 Å². The van der Waals surface area contributed by atoms with Gasteiger partial charge in [-0.05, 0) is 37.6 Å². The molecule has 2 heterocycles. The third kappa shape index (κ3) is 6.91. The van der Waals surface area contributed by atoms with Crippen molar-refractivity contribution < 1.29 is 19.7 Å². The van der Waals surface area contributed by atoms with E-state index >= 15 is 0 Å². The molecule has 3 rings (SSSR count). The first-order chi connectivity index (χ1) is 14.6. The summed E-state index contributed by atoms with van der Waals surface area (Å²) >= 11 is 0. The molecule has 0 aliphatic carbocycles. The third-order valence-corrected chi connectivity index (χ3v) is 5.10. The average Bonchev–Trinajstić information content (AvgIpc) is 2.75. The largest absolute Gasteiger partial charge is 0.491 e. The molecule has 0 unspecified atom stereocenters. The number of nitrogens with zero attached hydrogens (tertiary/aromatic N) is 4. The predicted octanol–water partition coefficient (Wildman–Crippen LogP) is 1.33. The van der Waals surface area contributed by atoms with Crippen LogP contribution in [-0.2, 0) is 11.3 Å². The van der Waals surface area contributed by atoms with Gasteiger partial charge in [-0.1, -0.05) is 12.1 Å². The molecule has 2 N–H and O–H groups in total. The number of hydrogen-bond donors (Lipinski definition) is 2. The van der Waals surface area contributed by atoms with Crippen LogP contribution in [0.1, 0.15) is 18.4 Å². The third-order valence-electron chi connectivity index (χ3n) is 5.10. The number of likely N-dealkylation sites (N-methyl/N-ethyl adjacent to an activating group) is 1. The van der Waals surface area contributed by atoms with Gasteiger partial charge in [-0.15, -0.1) is 0 Å². The van der Waals surface area contributed by atoms with Crippen LogP contribution in [0.3, 0.4) is 0 Å². The highest BCUT2D eigenvalue weighted by Crippen LogP contribution is 2.25. The highest BCUT2D eigenvalue weighted by Gasteiger charge is 2.34. The van der Waals surface area contributed by atoms with Crippen molar-refractivity contribution in [3.8, 4) is 5.75 Å². The van der Waals surface area contributed by atoms with Gasteiger partial charge in [-0.25, -0.2) is 4.98 Å². The molecule has 1 saturated heterocycles. The molecule has 1 atom stereocenters. The minimum absolute atomic E-state index is 0.0235. The number of hydrogen-bond acceptors (Lipinski definition) is 8. The van der Waals surface area contributed by atoms with Crippen molar-refractivity contribution in [2.45, 2.75) is 25.0 Å². The molecule has 0 bridgehead atoms. The Morgan fingerprint density at radius 3 is 2.73 bits per heavy atom. The quantitative estimate of drug-likeness (QED) is 0.530. The van der Waals surface area contributed by atoms with Gasteiger partial charge < -0.3 is 24.6 Å². The minimum atomic E-state index is -0.776. The van der Waals surface area contributed by atoms with Crippen molar-refractivity contribution in [2.75, 3.05) is 58.0 Å². The normalized spacial score (nSPS) is 19.3. The molecule has 0 spiro atoms. The van der Waals surface area contributed by atoms with E-state index in [0.29, 0.717) is 32.9 Å². The number of β-amino-alcohol motifs (C(OH)–C–C–N with tert-alkyl or cyclic N) is 1. The van der Waals surface area contributed by atoms with E-state index in [4.69, 9.17) is 14.6 Å². The van der Waals surface area contributed by atoms with Crippen LogP contribution in [-0.4, -0.2) is 83.8 Å². The lowest BCUT2D eigenvalue weighted by atomic mass is 9.92. The van der Waals surface area contributed by atoms with Gasteiger partial charge in [0.25, 0.3) is 0 Å². The van der Waals surface area contributed by atoms with Gasteiger partial charge in [0.1, 0.15) is 18.2 Å². The lowest BCUT2D eigenvalue weighted by Crippen LogP contribution is -2.54. The molecule has 2 aromatic rings. The predicted molar refractivity (Wildman–Crippen MR) is 115 cm³/mol. The molecule has 0 saturated carbocycles. The maximum absolute atomic E-state index is 11.2. The fourth-order valence-corrected chi connectivity index (χ4v) is 3.84. The Labute approximate surface area is 178 Å². The second kappa shape index (κ2) is 11.2. The molecule has 0 amide bonds. The fourth-order valence-electron chi connectivity index (χ4n) is 3.84. The SMILES string of the molecule is CN(Cc1ccc(OCCOCCO)cc1)C[C@@]1(O)CCCN(c2cnccn2)C1. The second-order valence-corrected chi connectivity index (χ2v) is 7.81. The summed E-state index contributed by atoms with van der Waals surface area (Å²) in [7, 11) is 2.03. The number of ether oxygens (including phenoxy) is 2. The van der Waals surface area contributed by atoms with Gasteiger partial charge in [0, 0.05) is 38.6 Å². The number of rotatable bonds is 11. The van der Waals surface area contributed by atoms with Crippen LogP contribution in [0, 0.1) is 0 Å². The Kier molecular flexibility index (Phi) is 8.39. The van der Waals surface area contributed by atoms with Crippen molar-refractivity contribution in [3.05, 3.63) is 48.4 Å². The van der Waals surface area contributed by atoms with E-state index in [0.717, 1.165) is 43.1 Å². The first-order valence-electron chi connectivity index (χ1n) is 10.4. The number of aromatic nitrogens is 2. The van der Waals surface area contributed by atoms with Gasteiger partial charge in [0.05, 0.1) is 31.6 Å². The Bertz CT molecular complexity index is 747. The van der Waals surface area contributed by atoms with Crippen molar-refractivity contribution >= 4 is 5.82 Å². The van der Waals surface area contributed by atoms with Crippen LogP contribution in [0.15, 0.2) is 42.9 Å². The number of anilines is 1. The summed E-state index contributed by atoms with van der Waals surface area (Å²) in [5.41, 5.74) is 0.383. The van der Waals surface area contributed by atoms with Crippen LogP contribution in [0.4, 0.5) is 5.82 Å². The topological polar surface area (TPSA) is 91.2 Å². The molecule has 1 aromatic carbocycles. The summed E-state index contributed by atoms with van der Waals surface area (Å²) in [6.07, 6.45) is 6.80. The maximum Gasteiger partial charge on any atom is 0.147 e. The molecule has 1 aliphatic heterocycles. The minimum Gasteiger partial charge on any atom is -0.491 e. The summed E-state index contributed by atoms with van der Waals surface area (Å²) < 4.78 is 10.8. The summed E-state index contributed by atoms with van der Waals surface area (Å²) in [5, 5.41) is 19.9. The van der Waals surface area contributed by atoms with Crippen LogP contribution < -0.4 is 9.64 Å². The van der Waals surface area contributed by atoms with Crippen molar-refractivity contribution in [2.24, 2.45) is 0 Å². The van der Waals surface area contributed by atoms with E-state index in [-0.39, 0.29) is 6.61 Å². The van der Waals surface area contributed by atoms with Gasteiger partial charge in [-0.3, -0.25) is 9.88 Å². The number of aliphatic hydroxyl groups excluding tert-OH is 1. The smallest absolute Gasteiger partial charge is 0.147 e. The zero-order valence-electron chi connectivity index (χ0n) is 17.6. The standard InChI is InChI=1S/C22H32N4O4/c1-25(16-19-3-5-20(6-4-19)30-14-13-29-12-11-27)17-22(28)7-2-10-26(18-22)21-15-23-8-9-24-21/h3-6,8-9,15,27-28H,2,7,10-14,16-18H2,1H3/t22-/m0/s1. The first kappa shape index (κ1) is 22.4. The molecule has 1 aromatic heterocycles. The van der Waals surface area contributed by atoms with Crippen LogP contribution in [0.25, 0.3) is 0 Å². The van der Waals surface area contributed by atoms with E-state index < -0.39 is 5.60 Å². The second-order valence-electron chi connectivity index (χ2n) is 7.81. The van der Waals surface area contributed by atoms with Crippen LogP contribution in [0.5, 0.6) is 5.75 Å². The molecule has 30 heavy (non-hydrogen) atoms. The molecular formula is C22H32N4O4. The summed E-state index contributed by atoms with van der Waals surface area (Å²) in [6, 6.07) is 7.97. The van der Waals surface area contributed by atoms with E-state index in [9.17, 15) is 5.11 Å². The molecule has 0 radical (unpaired) electrons. The van der Waals surface area contributed by atoms with Gasteiger partial charge in [0.2, 0.25) is 0 Å². The lowest BCUT2D eigenvalue weighted by Gasteiger charge is -2.41. The Morgan fingerprint density at radius 2 is 2.00 bits per heavy atom. The lowest BCUT2D eigenvalue weighted by molar-refractivity contribution is -0.00349. The zero-order valence-corrected chi connectivity index (χ0v) is 17.6. The van der Waals surface area contributed by atoms with E-state index in [1.165, 1.54) is 0 Å². The monoisotopic (exact) mass is 416 g/mol. The number of aliphatic hydroxyl groups is 2. The Hall–Kier alpha value is -2.26. The molecular weight excluding hydrogens is 384 g/mol. The van der Waals surface area contributed by atoms with Crippen LogP contribution >= 0.6 is 0 Å². The fraction of sp³-hybridized carbons (Fsp3) is 0.545. The van der Waals surface area contributed by atoms with Gasteiger partial charge >= 0.3 is 0 Å². The zero-order chi connectivity index (χ0) is 21.2. The van der Waals surface area contributed by atoms with Crippen LogP contribution in [0.2, 0.25) is 0 Å². The number of benzene rings is 1. The Balaban J connectivity index is 1.46. The van der Waals surface area contributed by atoms with Crippen molar-refractivity contribution in [1.82, 2.24) is 14.9 Å². The average molecular weight is 417 g/mol. The molecule has 1 fully saturated rings. The van der Waals surface area contributed by atoms with E-state index in [1.54, 1.807) is 18.6 Å². The molecule has 164 valence electrons. The molecule has 8 nitrogen and oxygen atoms in total. The van der Waals surface area contributed by atoms with Gasteiger partial charge in [0.15, 0.2) is 0 Å². The molecule has 8 heteroatoms. The number of piperidine rings is 1. The highest BCUT2D eigenvalue weighted by atomic mass is 16.5. The molecule has 1 aliphatic rings. The summed E-state index contributed by atoms with van der Waals surface area (Å²) in [4.78, 5) is 12.8. The summed E-state index contributed by atoms with van der Waals surface area (Å²) in [6.45, 7) is 4.03. The van der Waals surface area contributed by atoms with E-state index in [1.807, 2.05) is 31.3 Å². The van der Waals surface area contributed by atoms with E-state index in [2.05, 4.69) is 19.8 Å². The van der Waals surface area contributed by atoms with Crippen molar-refractivity contribution in [1.29, 1.82) is 0 Å². The Morgan fingerprint density at radius 1 is 1.17 bits per heavy atom. The summed E-state index contributed by atoms with van der Waals surface area (Å²) in [5.74, 6) is 1.61. The highest BCUT2D eigenvalue weighted by molar-refractivity contribution is 5.36. The first-order valence-corrected chi connectivity index (χ1v) is 10.4. The van der Waals surface area contributed by atoms with Gasteiger partial charge in [-0.2, -0.15) is 0 Å².